The van der Waals surface area contributed by atoms with E-state index >= 15 is 0 Å². The largest absolute Gasteiger partial charge is 0.390 e. The molecular formula is C24H25F3N2O5S. The number of amides is 2. The molecule has 0 radical (unpaired) electrons. The standard InChI is InChI=1S/C24H25F3N2O5S/c1-10(2)12-6-5-7-13(11(3)4)22(12)29-23(31)16-17(24(29)32)21(20(27)19(26)18(16)25)28-14-8-35(33,34)9-15(14)30/h5-7,10-11,14-15,28,30H,8-9H2,1-4H3/t14-,15?/m0/s1. The molecule has 4 rings (SSSR count). The molecular weight excluding hydrogens is 485 g/mol. The second-order valence-electron chi connectivity index (χ2n) is 9.50. The van der Waals surface area contributed by atoms with Crippen molar-refractivity contribution in [3.63, 3.8) is 0 Å². The van der Waals surface area contributed by atoms with Crippen LogP contribution in [-0.4, -0.2) is 49.0 Å². The third-order valence-electron chi connectivity index (χ3n) is 6.38. The van der Waals surface area contributed by atoms with Crippen LogP contribution in [0.25, 0.3) is 0 Å². The molecule has 7 nitrogen and oxygen atoms in total. The number of hydrogen-bond donors (Lipinski definition) is 2. The number of rotatable bonds is 5. The highest BCUT2D eigenvalue weighted by Gasteiger charge is 2.47. The normalized spacial score (nSPS) is 21.4. The predicted molar refractivity (Wildman–Crippen MR) is 124 cm³/mol. The van der Waals surface area contributed by atoms with E-state index in [0.717, 1.165) is 4.90 Å². The topological polar surface area (TPSA) is 104 Å². The number of hydrogen-bond acceptors (Lipinski definition) is 6. The summed E-state index contributed by atoms with van der Waals surface area (Å²) in [7, 11) is -3.68. The first-order chi connectivity index (χ1) is 16.3. The third kappa shape index (κ3) is 4.00. The average molecular weight is 511 g/mol. The van der Waals surface area contributed by atoms with Crippen LogP contribution >= 0.6 is 0 Å². The lowest BCUT2D eigenvalue weighted by molar-refractivity contribution is 0.0924. The van der Waals surface area contributed by atoms with Crippen LogP contribution in [0.5, 0.6) is 0 Å². The minimum Gasteiger partial charge on any atom is -0.390 e. The summed E-state index contributed by atoms with van der Waals surface area (Å²) in [6.07, 6.45) is -1.47. The van der Waals surface area contributed by atoms with Crippen molar-refractivity contribution in [3.8, 4) is 0 Å². The maximum atomic E-state index is 14.9. The molecule has 1 fully saturated rings. The predicted octanol–water partition coefficient (Wildman–Crippen LogP) is 3.72. The van der Waals surface area contributed by atoms with E-state index in [0.29, 0.717) is 11.1 Å². The lowest BCUT2D eigenvalue weighted by atomic mass is 9.92. The van der Waals surface area contributed by atoms with Gasteiger partial charge in [0.2, 0.25) is 0 Å². The van der Waals surface area contributed by atoms with E-state index in [-0.39, 0.29) is 17.5 Å². The Labute approximate surface area is 200 Å². The molecule has 2 aliphatic heterocycles. The number of carbonyl (C=O) groups is 2. The molecule has 35 heavy (non-hydrogen) atoms. The van der Waals surface area contributed by atoms with E-state index < -0.39 is 79.6 Å². The fourth-order valence-corrected chi connectivity index (χ4v) is 6.39. The van der Waals surface area contributed by atoms with Gasteiger partial charge in [0, 0.05) is 0 Å². The number of nitrogens with zero attached hydrogens (tertiary/aromatic N) is 1. The number of halogens is 3. The van der Waals surface area contributed by atoms with Crippen molar-refractivity contribution in [1.29, 1.82) is 0 Å². The molecule has 0 bridgehead atoms. The molecule has 0 saturated carbocycles. The molecule has 11 heteroatoms. The van der Waals surface area contributed by atoms with Crippen LogP contribution in [-0.2, 0) is 9.84 Å². The van der Waals surface area contributed by atoms with Crippen LogP contribution in [0.2, 0.25) is 0 Å². The number of carbonyl (C=O) groups excluding carboxylic acids is 2. The van der Waals surface area contributed by atoms with Gasteiger partial charge < -0.3 is 10.4 Å². The van der Waals surface area contributed by atoms with Crippen molar-refractivity contribution in [1.82, 2.24) is 0 Å². The molecule has 0 spiro atoms. The fraction of sp³-hybridized carbons (Fsp3) is 0.417. The number of aliphatic hydroxyl groups is 1. The molecule has 0 aromatic heterocycles. The summed E-state index contributed by atoms with van der Waals surface area (Å²) in [6.45, 7) is 7.37. The van der Waals surface area contributed by atoms with Crippen molar-refractivity contribution in [2.75, 3.05) is 21.7 Å². The van der Waals surface area contributed by atoms with Crippen LogP contribution in [0, 0.1) is 17.5 Å². The van der Waals surface area contributed by atoms with Gasteiger partial charge in [0.1, 0.15) is 0 Å². The third-order valence-corrected chi connectivity index (χ3v) is 8.09. The van der Waals surface area contributed by atoms with Crippen molar-refractivity contribution in [2.45, 2.75) is 51.7 Å². The van der Waals surface area contributed by atoms with E-state index in [2.05, 4.69) is 5.32 Å². The minimum absolute atomic E-state index is 0.150. The van der Waals surface area contributed by atoms with Crippen molar-refractivity contribution in [3.05, 3.63) is 57.9 Å². The van der Waals surface area contributed by atoms with Crippen molar-refractivity contribution in [2.24, 2.45) is 0 Å². The molecule has 2 aromatic carbocycles. The van der Waals surface area contributed by atoms with E-state index in [4.69, 9.17) is 0 Å². The summed E-state index contributed by atoms with van der Waals surface area (Å²) in [5.41, 5.74) is -1.10. The average Bonchev–Trinajstić information content (AvgIpc) is 3.18. The number of sulfone groups is 1. The molecule has 1 saturated heterocycles. The van der Waals surface area contributed by atoms with Gasteiger partial charge in [-0.25, -0.2) is 26.5 Å². The molecule has 2 aromatic rings. The van der Waals surface area contributed by atoms with Crippen LogP contribution < -0.4 is 10.2 Å². The SMILES string of the molecule is CC(C)c1cccc(C(C)C)c1N1C(=O)c2c(F)c(F)c(F)c(N[C@H]3CS(=O)(=O)CC3O)c2C1=O. The van der Waals surface area contributed by atoms with Crippen LogP contribution in [0.4, 0.5) is 24.5 Å². The van der Waals surface area contributed by atoms with Crippen LogP contribution in [0.15, 0.2) is 18.2 Å². The minimum atomic E-state index is -3.68. The zero-order chi connectivity index (χ0) is 26.0. The number of imide groups is 1. The monoisotopic (exact) mass is 510 g/mol. The van der Waals surface area contributed by atoms with Gasteiger partial charge in [0.05, 0.1) is 46.2 Å². The number of nitrogens with one attached hydrogen (secondary N) is 1. The molecule has 2 aliphatic rings. The lowest BCUT2D eigenvalue weighted by Crippen LogP contribution is -2.34. The Balaban J connectivity index is 1.93. The first-order valence-electron chi connectivity index (χ1n) is 11.1. The van der Waals surface area contributed by atoms with Crippen molar-refractivity contribution >= 4 is 33.0 Å². The Bertz CT molecular complexity index is 1330. The highest BCUT2D eigenvalue weighted by molar-refractivity contribution is 7.91. The second-order valence-corrected chi connectivity index (χ2v) is 11.7. The van der Waals surface area contributed by atoms with E-state index in [9.17, 15) is 36.3 Å². The first kappa shape index (κ1) is 25.2. The Kier molecular flexibility index (Phi) is 6.21. The number of aliphatic hydroxyl groups excluding tert-OH is 1. The van der Waals surface area contributed by atoms with Gasteiger partial charge >= 0.3 is 0 Å². The maximum absolute atomic E-state index is 14.9. The molecule has 2 N–H and O–H groups in total. The summed E-state index contributed by atoms with van der Waals surface area (Å²) < 4.78 is 68.2. The van der Waals surface area contributed by atoms with Gasteiger partial charge in [-0.15, -0.1) is 0 Å². The van der Waals surface area contributed by atoms with Gasteiger partial charge in [-0.05, 0) is 23.0 Å². The van der Waals surface area contributed by atoms with Gasteiger partial charge in [-0.2, -0.15) is 0 Å². The molecule has 2 amide bonds. The van der Waals surface area contributed by atoms with Gasteiger partial charge in [-0.1, -0.05) is 45.9 Å². The number of anilines is 2. The second kappa shape index (κ2) is 8.63. The summed E-state index contributed by atoms with van der Waals surface area (Å²) in [6, 6.07) is 3.91. The maximum Gasteiger partial charge on any atom is 0.269 e. The lowest BCUT2D eigenvalue weighted by Gasteiger charge is -2.25. The van der Waals surface area contributed by atoms with Crippen molar-refractivity contribution < 1.29 is 36.3 Å². The Morgan fingerprint density at radius 1 is 0.914 bits per heavy atom. The summed E-state index contributed by atoms with van der Waals surface area (Å²) in [5.74, 6) is -9.32. The summed E-state index contributed by atoms with van der Waals surface area (Å²) >= 11 is 0. The zero-order valence-electron chi connectivity index (χ0n) is 19.5. The summed E-state index contributed by atoms with van der Waals surface area (Å²) in [4.78, 5) is 27.7. The number of fused-ring (bicyclic) bond motifs is 1. The van der Waals surface area contributed by atoms with Gasteiger partial charge in [0.25, 0.3) is 11.8 Å². The van der Waals surface area contributed by atoms with E-state index in [1.165, 1.54) is 0 Å². The highest BCUT2D eigenvalue weighted by atomic mass is 32.2. The Morgan fingerprint density at radius 3 is 1.94 bits per heavy atom. The Morgan fingerprint density at radius 2 is 1.46 bits per heavy atom. The van der Waals surface area contributed by atoms with E-state index in [1.54, 1.807) is 18.2 Å². The molecule has 1 unspecified atom stereocenters. The Hall–Kier alpha value is -2.92. The molecule has 2 atom stereocenters. The molecule has 188 valence electrons. The van der Waals surface area contributed by atoms with Gasteiger partial charge in [0.15, 0.2) is 27.3 Å². The van der Waals surface area contributed by atoms with E-state index in [1.807, 2.05) is 27.7 Å². The van der Waals surface area contributed by atoms with Gasteiger partial charge in [-0.3, -0.25) is 9.59 Å². The molecule has 0 aliphatic carbocycles. The number of para-hydroxylation sites is 1. The fourth-order valence-electron chi connectivity index (χ4n) is 4.65. The highest BCUT2D eigenvalue weighted by Crippen LogP contribution is 2.43. The quantitative estimate of drug-likeness (QED) is 0.470. The molecule has 2 heterocycles. The smallest absolute Gasteiger partial charge is 0.269 e. The van der Waals surface area contributed by atoms with Crippen LogP contribution in [0.3, 0.4) is 0 Å². The zero-order valence-corrected chi connectivity index (χ0v) is 20.3. The number of benzene rings is 2. The summed E-state index contributed by atoms with van der Waals surface area (Å²) in [5, 5.41) is 12.5. The van der Waals surface area contributed by atoms with Crippen LogP contribution in [0.1, 0.15) is 71.4 Å². The first-order valence-corrected chi connectivity index (χ1v) is 13.0.